The van der Waals surface area contributed by atoms with E-state index >= 15 is 0 Å². The highest BCUT2D eigenvalue weighted by Crippen LogP contribution is 2.31. The molecule has 1 N–H and O–H groups in total. The molecular formula is C14H15NO6. The van der Waals surface area contributed by atoms with E-state index in [1.165, 1.54) is 24.3 Å². The summed E-state index contributed by atoms with van der Waals surface area (Å²) in [5, 5.41) is 20.0. The second kappa shape index (κ2) is 6.74. The van der Waals surface area contributed by atoms with Gasteiger partial charge in [-0.3, -0.25) is 24.5 Å². The molecule has 1 aromatic rings. The third-order valence-electron chi connectivity index (χ3n) is 3.20. The maximum absolute atomic E-state index is 12.3. The van der Waals surface area contributed by atoms with Crippen LogP contribution in [-0.2, 0) is 14.4 Å². The van der Waals surface area contributed by atoms with Gasteiger partial charge in [0.15, 0.2) is 17.5 Å². The van der Waals surface area contributed by atoms with E-state index in [9.17, 15) is 24.5 Å². The molecule has 0 fully saturated rings. The minimum absolute atomic E-state index is 0.127. The van der Waals surface area contributed by atoms with E-state index in [4.69, 9.17) is 5.11 Å². The molecule has 0 aliphatic rings. The third kappa shape index (κ3) is 3.50. The smallest absolute Gasteiger partial charge is 0.321 e. The predicted octanol–water partition coefficient (Wildman–Crippen LogP) is 1.95. The van der Waals surface area contributed by atoms with Crippen LogP contribution >= 0.6 is 0 Å². The summed E-state index contributed by atoms with van der Waals surface area (Å²) < 4.78 is 0. The quantitative estimate of drug-likeness (QED) is 0.466. The van der Waals surface area contributed by atoms with Gasteiger partial charge in [-0.25, -0.2) is 0 Å². The van der Waals surface area contributed by atoms with Gasteiger partial charge in [-0.1, -0.05) is 25.1 Å². The van der Waals surface area contributed by atoms with Crippen LogP contribution in [0.5, 0.6) is 0 Å². The number of hydrogen-bond acceptors (Lipinski definition) is 5. The Labute approximate surface area is 120 Å². The molecule has 2 atom stereocenters. The molecule has 2 unspecified atom stereocenters. The number of carbonyl (C=O) groups is 3. The van der Waals surface area contributed by atoms with E-state index in [1.54, 1.807) is 6.92 Å². The molecule has 7 nitrogen and oxygen atoms in total. The summed E-state index contributed by atoms with van der Waals surface area (Å²) in [7, 11) is 0. The maximum atomic E-state index is 12.3. The van der Waals surface area contributed by atoms with Crippen LogP contribution in [0.2, 0.25) is 0 Å². The Bertz CT molecular complexity index is 581. The van der Waals surface area contributed by atoms with Gasteiger partial charge in [0.2, 0.25) is 0 Å². The monoisotopic (exact) mass is 293 g/mol. The number of ketones is 2. The Balaban J connectivity index is 3.31. The minimum atomic E-state index is -1.80. The molecule has 21 heavy (non-hydrogen) atoms. The topological polar surface area (TPSA) is 115 Å². The zero-order valence-electron chi connectivity index (χ0n) is 11.6. The van der Waals surface area contributed by atoms with E-state index in [2.05, 4.69) is 0 Å². The number of aliphatic carboxylic acids is 1. The maximum Gasteiger partial charge on any atom is 0.321 e. The molecule has 1 aromatic carbocycles. The average molecular weight is 293 g/mol. The van der Waals surface area contributed by atoms with Crippen LogP contribution in [-0.4, -0.2) is 27.6 Å². The van der Waals surface area contributed by atoms with Crippen molar-refractivity contribution in [3.63, 3.8) is 0 Å². The van der Waals surface area contributed by atoms with Gasteiger partial charge in [-0.2, -0.15) is 0 Å². The minimum Gasteiger partial charge on any atom is -0.480 e. The summed E-state index contributed by atoms with van der Waals surface area (Å²) in [6.07, 6.45) is 0.167. The molecule has 0 saturated heterocycles. The van der Waals surface area contributed by atoms with Gasteiger partial charge < -0.3 is 5.11 Å². The number of benzene rings is 1. The molecule has 0 heterocycles. The average Bonchev–Trinajstić information content (AvgIpc) is 2.39. The number of nitro benzene ring substituents is 1. The lowest BCUT2D eigenvalue weighted by Crippen LogP contribution is -2.34. The van der Waals surface area contributed by atoms with Crippen LogP contribution in [0.15, 0.2) is 24.3 Å². The molecular weight excluding hydrogens is 278 g/mol. The van der Waals surface area contributed by atoms with Gasteiger partial charge in [-0.05, 0) is 13.3 Å². The first-order valence-electron chi connectivity index (χ1n) is 6.31. The van der Waals surface area contributed by atoms with Crippen molar-refractivity contribution in [2.24, 2.45) is 5.92 Å². The highest BCUT2D eigenvalue weighted by atomic mass is 16.6. The van der Waals surface area contributed by atoms with Crippen molar-refractivity contribution >= 4 is 23.2 Å². The fraction of sp³-hybridized carbons (Fsp3) is 0.357. The Kier molecular flexibility index (Phi) is 5.29. The van der Waals surface area contributed by atoms with E-state index in [1.807, 2.05) is 0 Å². The second-order valence-electron chi connectivity index (χ2n) is 4.56. The molecule has 0 aliphatic heterocycles. The number of rotatable bonds is 7. The molecule has 0 saturated carbocycles. The lowest BCUT2D eigenvalue weighted by Gasteiger charge is -2.17. The Morgan fingerprint density at radius 3 is 2.29 bits per heavy atom. The van der Waals surface area contributed by atoms with E-state index in [0.717, 1.165) is 6.92 Å². The summed E-state index contributed by atoms with van der Waals surface area (Å²) in [5.74, 6) is -5.95. The first-order chi connectivity index (χ1) is 9.81. The van der Waals surface area contributed by atoms with Crippen LogP contribution in [0.25, 0.3) is 0 Å². The summed E-state index contributed by atoms with van der Waals surface area (Å²) in [5.41, 5.74) is -0.132. The molecule has 0 bridgehead atoms. The highest BCUT2D eigenvalue weighted by Gasteiger charge is 2.37. The fourth-order valence-electron chi connectivity index (χ4n) is 2.22. The lowest BCUT2D eigenvalue weighted by molar-refractivity contribution is -0.385. The van der Waals surface area contributed by atoms with Crippen molar-refractivity contribution < 1.29 is 24.4 Å². The number of nitro groups is 1. The largest absolute Gasteiger partial charge is 0.480 e. The van der Waals surface area contributed by atoms with Crippen molar-refractivity contribution in [2.75, 3.05) is 0 Å². The predicted molar refractivity (Wildman–Crippen MR) is 72.9 cm³/mol. The van der Waals surface area contributed by atoms with E-state index in [-0.39, 0.29) is 17.7 Å². The summed E-state index contributed by atoms with van der Waals surface area (Å²) in [6, 6.07) is 5.64. The number of carbonyl (C=O) groups excluding carboxylic acids is 2. The number of nitrogens with zero attached hydrogens (tertiary/aromatic N) is 1. The van der Waals surface area contributed by atoms with Crippen molar-refractivity contribution in [1.82, 2.24) is 0 Å². The Morgan fingerprint density at radius 2 is 1.86 bits per heavy atom. The van der Waals surface area contributed by atoms with Crippen molar-refractivity contribution in [1.29, 1.82) is 0 Å². The normalized spacial score (nSPS) is 13.2. The molecule has 112 valence electrons. The van der Waals surface area contributed by atoms with Crippen molar-refractivity contribution in [2.45, 2.75) is 26.2 Å². The molecule has 0 aromatic heterocycles. The van der Waals surface area contributed by atoms with E-state index in [0.29, 0.717) is 0 Å². The van der Waals surface area contributed by atoms with Crippen molar-refractivity contribution in [3.8, 4) is 0 Å². The first kappa shape index (κ1) is 16.5. The van der Waals surface area contributed by atoms with E-state index < -0.39 is 34.3 Å². The molecule has 0 aliphatic carbocycles. The fourth-order valence-corrected chi connectivity index (χ4v) is 2.22. The number of para-hydroxylation sites is 1. The highest BCUT2D eigenvalue weighted by molar-refractivity contribution is 6.17. The zero-order chi connectivity index (χ0) is 16.2. The first-order valence-corrected chi connectivity index (χ1v) is 6.31. The standard InChI is InChI=1S/C14H15NO6/c1-3-9(13(17)12(8(2)16)14(18)19)10-6-4-5-7-11(10)15(20)21/h4-7,9,12H,3H2,1-2H3,(H,18,19). The van der Waals surface area contributed by atoms with Crippen LogP contribution in [0, 0.1) is 16.0 Å². The zero-order valence-corrected chi connectivity index (χ0v) is 11.6. The SMILES string of the molecule is CCC(C(=O)C(C(C)=O)C(=O)O)c1ccccc1[N+](=O)[O-]. The van der Waals surface area contributed by atoms with Crippen LogP contribution in [0.4, 0.5) is 5.69 Å². The summed E-state index contributed by atoms with van der Waals surface area (Å²) in [6.45, 7) is 2.63. The van der Waals surface area contributed by atoms with Crippen molar-refractivity contribution in [3.05, 3.63) is 39.9 Å². The number of hydrogen-bond donors (Lipinski definition) is 1. The van der Waals surface area contributed by atoms with Gasteiger partial charge in [0.05, 0.1) is 10.8 Å². The lowest BCUT2D eigenvalue weighted by atomic mass is 9.83. The molecule has 0 radical (unpaired) electrons. The second-order valence-corrected chi connectivity index (χ2v) is 4.56. The molecule has 7 heteroatoms. The Morgan fingerprint density at radius 1 is 1.29 bits per heavy atom. The van der Waals surface area contributed by atoms with Gasteiger partial charge in [0.1, 0.15) is 0 Å². The molecule has 0 spiro atoms. The van der Waals surface area contributed by atoms with Crippen LogP contribution in [0.1, 0.15) is 31.7 Å². The van der Waals surface area contributed by atoms with Crippen LogP contribution < -0.4 is 0 Å². The summed E-state index contributed by atoms with van der Waals surface area (Å²) >= 11 is 0. The van der Waals surface area contributed by atoms with Gasteiger partial charge in [-0.15, -0.1) is 0 Å². The number of carboxylic acid groups (broad SMARTS) is 1. The van der Waals surface area contributed by atoms with Gasteiger partial charge in [0, 0.05) is 11.6 Å². The Hall–Kier alpha value is -2.57. The van der Waals surface area contributed by atoms with Gasteiger partial charge >= 0.3 is 5.97 Å². The molecule has 1 rings (SSSR count). The molecule has 0 amide bonds. The number of Topliss-reactive ketones (excluding diaryl/α,β-unsaturated/α-hetero) is 2. The van der Waals surface area contributed by atoms with Crippen LogP contribution in [0.3, 0.4) is 0 Å². The van der Waals surface area contributed by atoms with Gasteiger partial charge in [0.25, 0.3) is 5.69 Å². The summed E-state index contributed by atoms with van der Waals surface area (Å²) in [4.78, 5) is 45.1. The third-order valence-corrected chi connectivity index (χ3v) is 3.20. The number of carboxylic acids is 1.